The van der Waals surface area contributed by atoms with Crippen LogP contribution < -0.4 is 0 Å². The molecule has 6 rings (SSSR count). The monoisotopic (exact) mass is 507 g/mol. The van der Waals surface area contributed by atoms with E-state index in [1.807, 2.05) is 6.20 Å². The molecule has 1 aliphatic carbocycles. The number of halogens is 1. The van der Waals surface area contributed by atoms with E-state index >= 15 is 0 Å². The molecule has 3 aromatic carbocycles. The van der Waals surface area contributed by atoms with Crippen molar-refractivity contribution < 1.29 is 4.39 Å². The van der Waals surface area contributed by atoms with Gasteiger partial charge in [-0.3, -0.25) is 9.49 Å². The molecule has 1 N–H and O–H groups in total. The number of benzene rings is 3. The fourth-order valence-electron chi connectivity index (χ4n) is 6.52. The van der Waals surface area contributed by atoms with E-state index < -0.39 is 0 Å². The largest absolute Gasteiger partial charge is 0.303 e. The Morgan fingerprint density at radius 3 is 2.71 bits per heavy atom. The van der Waals surface area contributed by atoms with Crippen LogP contribution in [0.1, 0.15) is 65.5 Å². The lowest BCUT2D eigenvalue weighted by Gasteiger charge is -2.18. The molecule has 3 nitrogen and oxygen atoms in total. The van der Waals surface area contributed by atoms with Gasteiger partial charge in [0.25, 0.3) is 0 Å². The van der Waals surface area contributed by atoms with Gasteiger partial charge in [0.05, 0.1) is 18.4 Å². The third kappa shape index (κ3) is 5.33. The number of aromatic amines is 1. The third-order valence-corrected chi connectivity index (χ3v) is 8.49. The van der Waals surface area contributed by atoms with Crippen LogP contribution in [0.3, 0.4) is 0 Å². The molecule has 0 radical (unpaired) electrons. The Kier molecular flexibility index (Phi) is 7.42. The number of nitrogens with one attached hydrogen (secondary N) is 1. The summed E-state index contributed by atoms with van der Waals surface area (Å²) in [6, 6.07) is 23.1. The second-order valence-corrected chi connectivity index (χ2v) is 11.3. The highest BCUT2D eigenvalue weighted by molar-refractivity contribution is 6.01. The van der Waals surface area contributed by atoms with Crippen LogP contribution in [0.4, 0.5) is 4.39 Å². The van der Waals surface area contributed by atoms with E-state index in [1.54, 1.807) is 0 Å². The van der Waals surface area contributed by atoms with E-state index in [1.165, 1.54) is 50.9 Å². The fraction of sp³-hybridized carbons (Fsp3) is 0.382. The number of unbranched alkanes of at least 4 members (excludes halogenated alkanes) is 1. The number of hydrogen-bond donors (Lipinski definition) is 1. The zero-order valence-corrected chi connectivity index (χ0v) is 22.5. The fourth-order valence-corrected chi connectivity index (χ4v) is 6.52. The van der Waals surface area contributed by atoms with Gasteiger partial charge in [-0.1, -0.05) is 54.1 Å². The minimum atomic E-state index is -0.191. The third-order valence-electron chi connectivity index (χ3n) is 8.49. The van der Waals surface area contributed by atoms with Crippen molar-refractivity contribution in [3.05, 3.63) is 100 Å². The number of hydrogen-bond acceptors (Lipinski definition) is 2. The summed E-state index contributed by atoms with van der Waals surface area (Å²) < 4.78 is 12.5. The smallest absolute Gasteiger partial charge is 0.0894 e. The summed E-state index contributed by atoms with van der Waals surface area (Å²) in [5, 5.41) is 8.50. The maximum absolute atomic E-state index is 12.5. The molecule has 38 heavy (non-hydrogen) atoms. The molecule has 2 heterocycles. The summed E-state index contributed by atoms with van der Waals surface area (Å²) in [4.78, 5) is 2.52. The number of H-pyrrole nitrogens is 1. The summed E-state index contributed by atoms with van der Waals surface area (Å²) in [5.41, 5.74) is 12.1. The van der Waals surface area contributed by atoms with E-state index in [0.717, 1.165) is 62.6 Å². The second-order valence-electron chi connectivity index (χ2n) is 11.3. The van der Waals surface area contributed by atoms with Crippen molar-refractivity contribution in [2.45, 2.75) is 51.9 Å². The molecule has 0 unspecified atom stereocenters. The number of aromatic nitrogens is 2. The van der Waals surface area contributed by atoms with Crippen molar-refractivity contribution in [2.75, 3.05) is 26.3 Å². The van der Waals surface area contributed by atoms with Crippen molar-refractivity contribution in [3.8, 4) is 0 Å². The quantitative estimate of drug-likeness (QED) is 0.247. The molecule has 2 aliphatic rings. The van der Waals surface area contributed by atoms with Gasteiger partial charge in [0.2, 0.25) is 0 Å². The molecule has 0 saturated carbocycles. The van der Waals surface area contributed by atoms with Gasteiger partial charge in [-0.15, -0.1) is 0 Å². The van der Waals surface area contributed by atoms with Gasteiger partial charge in [0.15, 0.2) is 0 Å². The molecule has 1 aromatic heterocycles. The first-order valence-corrected chi connectivity index (χ1v) is 14.3. The highest BCUT2D eigenvalue weighted by Crippen LogP contribution is 2.40. The van der Waals surface area contributed by atoms with Crippen LogP contribution in [-0.2, 0) is 12.8 Å². The first-order chi connectivity index (χ1) is 18.7. The molecule has 196 valence electrons. The van der Waals surface area contributed by atoms with Crippen molar-refractivity contribution in [1.82, 2.24) is 15.1 Å². The molecule has 0 amide bonds. The van der Waals surface area contributed by atoms with E-state index in [4.69, 9.17) is 0 Å². The Labute approximate surface area is 225 Å². The molecule has 1 atom stereocenters. The normalized spacial score (nSPS) is 18.2. The number of alkyl halides is 1. The Balaban J connectivity index is 1.31. The highest BCUT2D eigenvalue weighted by Gasteiger charge is 2.23. The molecule has 1 aliphatic heterocycles. The Morgan fingerprint density at radius 2 is 1.84 bits per heavy atom. The van der Waals surface area contributed by atoms with E-state index in [0.29, 0.717) is 12.3 Å². The van der Waals surface area contributed by atoms with E-state index in [-0.39, 0.29) is 6.67 Å². The average molecular weight is 508 g/mol. The van der Waals surface area contributed by atoms with Crippen LogP contribution in [-0.4, -0.2) is 41.4 Å². The molecule has 4 aromatic rings. The maximum atomic E-state index is 12.5. The van der Waals surface area contributed by atoms with Crippen molar-refractivity contribution in [3.63, 3.8) is 0 Å². The lowest BCUT2D eigenvalue weighted by Crippen LogP contribution is -2.22. The summed E-state index contributed by atoms with van der Waals surface area (Å²) in [6.45, 7) is 5.35. The second kappa shape index (κ2) is 11.2. The van der Waals surface area contributed by atoms with Gasteiger partial charge < -0.3 is 4.90 Å². The average Bonchev–Trinajstić information content (AvgIpc) is 3.54. The van der Waals surface area contributed by atoms with Crippen LogP contribution in [0.5, 0.6) is 0 Å². The van der Waals surface area contributed by atoms with Crippen molar-refractivity contribution >= 4 is 22.0 Å². The lowest BCUT2D eigenvalue weighted by molar-refractivity contribution is 0.308. The standard InChI is InChI=1S/C34H38FN3/c1-24-7-13-32-28(19-24)5-4-6-31(29-12-14-33-30(21-29)22-36-37-33)34(32)27-10-8-25(9-11-27)20-26-15-18-38(23-26)17-3-2-16-35/h7-14,19,21-22,26H,2-6,15-18,20,23H2,1H3,(H,36,37)/t26-/m1/s1. The van der Waals surface area contributed by atoms with Gasteiger partial charge in [-0.25, -0.2) is 0 Å². The van der Waals surface area contributed by atoms with Gasteiger partial charge in [-0.05, 0) is 122 Å². The number of nitrogens with zero attached hydrogens (tertiary/aromatic N) is 2. The van der Waals surface area contributed by atoms with Gasteiger partial charge in [0, 0.05) is 11.9 Å². The maximum Gasteiger partial charge on any atom is 0.0894 e. The molecule has 0 bridgehead atoms. The Morgan fingerprint density at radius 1 is 0.974 bits per heavy atom. The Bertz CT molecular complexity index is 1430. The molecular weight excluding hydrogens is 469 g/mol. The lowest BCUT2D eigenvalue weighted by atomic mass is 9.86. The predicted molar refractivity (Wildman–Crippen MR) is 156 cm³/mol. The molecule has 4 heteroatoms. The zero-order valence-electron chi connectivity index (χ0n) is 22.5. The van der Waals surface area contributed by atoms with E-state index in [9.17, 15) is 4.39 Å². The first-order valence-electron chi connectivity index (χ1n) is 14.3. The number of fused-ring (bicyclic) bond motifs is 2. The van der Waals surface area contributed by atoms with Crippen molar-refractivity contribution in [1.29, 1.82) is 0 Å². The SMILES string of the molecule is Cc1ccc2c(c1)CCCC(c1ccc3[nH]ncc3c1)=C2c1ccc(C[C@H]2CCN(CCCCF)C2)cc1. The van der Waals surface area contributed by atoms with Crippen LogP contribution in [0.25, 0.3) is 22.0 Å². The van der Waals surface area contributed by atoms with Gasteiger partial charge >= 0.3 is 0 Å². The summed E-state index contributed by atoms with van der Waals surface area (Å²) >= 11 is 0. The Hall–Kier alpha value is -3.24. The summed E-state index contributed by atoms with van der Waals surface area (Å²) in [7, 11) is 0. The minimum Gasteiger partial charge on any atom is -0.303 e. The van der Waals surface area contributed by atoms with Gasteiger partial charge in [-0.2, -0.15) is 5.10 Å². The van der Waals surface area contributed by atoms with E-state index in [2.05, 4.69) is 82.7 Å². The number of rotatable bonds is 8. The van der Waals surface area contributed by atoms with Gasteiger partial charge in [0.1, 0.15) is 0 Å². The number of aryl methyl sites for hydroxylation is 2. The highest BCUT2D eigenvalue weighted by atomic mass is 19.1. The summed E-state index contributed by atoms with van der Waals surface area (Å²) in [6.07, 6.45) is 9.29. The van der Waals surface area contributed by atoms with Crippen LogP contribution in [0.2, 0.25) is 0 Å². The minimum absolute atomic E-state index is 0.191. The molecular formula is C34H38FN3. The summed E-state index contributed by atoms with van der Waals surface area (Å²) in [5.74, 6) is 0.698. The number of likely N-dealkylation sites (tertiary alicyclic amines) is 1. The zero-order chi connectivity index (χ0) is 25.9. The molecule has 1 fully saturated rings. The molecule has 1 saturated heterocycles. The first kappa shape index (κ1) is 25.1. The number of allylic oxidation sites excluding steroid dienone is 1. The van der Waals surface area contributed by atoms with Crippen molar-refractivity contribution in [2.24, 2.45) is 5.92 Å². The molecule has 0 spiro atoms. The van der Waals surface area contributed by atoms with Crippen LogP contribution >= 0.6 is 0 Å². The topological polar surface area (TPSA) is 31.9 Å². The predicted octanol–water partition coefficient (Wildman–Crippen LogP) is 7.78. The van der Waals surface area contributed by atoms with Crippen LogP contribution in [0.15, 0.2) is 66.9 Å². The van der Waals surface area contributed by atoms with Crippen LogP contribution in [0, 0.1) is 12.8 Å².